The van der Waals surface area contributed by atoms with Crippen LogP contribution in [0.2, 0.25) is 18.1 Å². The van der Waals surface area contributed by atoms with Crippen molar-refractivity contribution in [1.29, 1.82) is 0 Å². The first-order chi connectivity index (χ1) is 11.7. The molecule has 0 spiro atoms. The number of carbonyl (C=O) groups is 1. The highest BCUT2D eigenvalue weighted by Gasteiger charge is 2.38. The van der Waals surface area contributed by atoms with Gasteiger partial charge in [-0.2, -0.15) is 0 Å². The van der Waals surface area contributed by atoms with Gasteiger partial charge < -0.3 is 9.16 Å². The van der Waals surface area contributed by atoms with E-state index in [-0.39, 0.29) is 17.6 Å². The molecule has 0 saturated carbocycles. The van der Waals surface area contributed by atoms with Crippen molar-refractivity contribution in [2.75, 3.05) is 13.2 Å². The van der Waals surface area contributed by atoms with Crippen molar-refractivity contribution in [3.05, 3.63) is 12.7 Å². The summed E-state index contributed by atoms with van der Waals surface area (Å²) in [7, 11) is -3.24. The molecule has 0 unspecified atom stereocenters. The van der Waals surface area contributed by atoms with E-state index in [0.717, 1.165) is 0 Å². The third-order valence-corrected chi connectivity index (χ3v) is 10.9. The molecule has 154 valence electrons. The lowest BCUT2D eigenvalue weighted by atomic mass is 9.97. The quantitative estimate of drug-likeness (QED) is 0.336. The Labute approximate surface area is 164 Å². The van der Waals surface area contributed by atoms with Gasteiger partial charge in [-0.3, -0.25) is 4.79 Å². The second-order valence-corrected chi connectivity index (χ2v) is 15.8. The van der Waals surface area contributed by atoms with Gasteiger partial charge in [-0.1, -0.05) is 26.8 Å². The van der Waals surface area contributed by atoms with Crippen LogP contribution in [0.4, 0.5) is 0 Å². The van der Waals surface area contributed by atoms with Crippen LogP contribution in [0.3, 0.4) is 0 Å². The summed E-state index contributed by atoms with van der Waals surface area (Å²) in [4.78, 5) is 12.4. The summed E-state index contributed by atoms with van der Waals surface area (Å²) in [5.74, 6) is -0.618. The van der Waals surface area contributed by atoms with E-state index >= 15 is 0 Å². The van der Waals surface area contributed by atoms with E-state index < -0.39 is 36.1 Å². The molecule has 0 fully saturated rings. The first-order valence-corrected chi connectivity index (χ1v) is 13.3. The zero-order chi connectivity index (χ0) is 20.8. The molecule has 0 aliphatic heterocycles. The van der Waals surface area contributed by atoms with Gasteiger partial charge in [0.1, 0.15) is 6.04 Å². The van der Waals surface area contributed by atoms with Crippen LogP contribution in [-0.4, -0.2) is 42.5 Å². The zero-order valence-corrected chi connectivity index (χ0v) is 19.9. The topological polar surface area (TPSA) is 64.6 Å². The minimum atomic E-state index is -1.85. The molecule has 0 saturated heterocycles. The summed E-state index contributed by atoms with van der Waals surface area (Å²) in [5.41, 5.74) is 0. The van der Waals surface area contributed by atoms with E-state index in [0.29, 0.717) is 13.0 Å². The summed E-state index contributed by atoms with van der Waals surface area (Å²) in [6.45, 7) is 23.0. The standard InChI is InChI=1S/C19H39NO4SSi/c1-11-15(13-14-24-26(9,10)19(6,7)8)16(17(21)23-12-2)20-25(22)18(3,4)5/h11,15-16,20H,1,12-14H2,2-10H3/t15-,16-,25-/m0/s1. The molecule has 0 bridgehead atoms. The molecule has 0 radical (unpaired) electrons. The molecule has 0 aliphatic rings. The lowest BCUT2D eigenvalue weighted by Crippen LogP contribution is -2.49. The lowest BCUT2D eigenvalue weighted by Gasteiger charge is -2.36. The lowest BCUT2D eigenvalue weighted by molar-refractivity contribution is -0.146. The Morgan fingerprint density at radius 2 is 1.77 bits per heavy atom. The first-order valence-electron chi connectivity index (χ1n) is 9.28. The molecular weight excluding hydrogens is 366 g/mol. The van der Waals surface area contributed by atoms with Crippen molar-refractivity contribution >= 4 is 25.3 Å². The smallest absolute Gasteiger partial charge is 0.324 e. The van der Waals surface area contributed by atoms with E-state index in [1.54, 1.807) is 13.0 Å². The second-order valence-electron chi connectivity index (χ2n) is 9.03. The number of esters is 1. The summed E-state index contributed by atoms with van der Waals surface area (Å²) in [6.07, 6.45) is 2.34. The molecule has 0 amide bonds. The maximum Gasteiger partial charge on any atom is 0.324 e. The van der Waals surface area contributed by atoms with E-state index in [1.807, 2.05) is 20.8 Å². The highest BCUT2D eigenvalue weighted by molar-refractivity contribution is 7.84. The molecule has 0 aliphatic carbocycles. The van der Waals surface area contributed by atoms with Crippen LogP contribution < -0.4 is 4.72 Å². The second kappa shape index (κ2) is 10.2. The predicted molar refractivity (Wildman–Crippen MR) is 113 cm³/mol. The van der Waals surface area contributed by atoms with Gasteiger partial charge in [0.25, 0.3) is 0 Å². The normalized spacial score (nSPS) is 16.7. The van der Waals surface area contributed by atoms with Gasteiger partial charge in [0.2, 0.25) is 0 Å². The molecule has 5 nitrogen and oxygen atoms in total. The van der Waals surface area contributed by atoms with Crippen LogP contribution in [0, 0.1) is 5.92 Å². The maximum atomic E-state index is 12.5. The van der Waals surface area contributed by atoms with E-state index in [2.05, 4.69) is 45.2 Å². The van der Waals surface area contributed by atoms with Crippen LogP contribution in [0.15, 0.2) is 12.7 Å². The Hall–Kier alpha value is -0.503. The third kappa shape index (κ3) is 8.02. The van der Waals surface area contributed by atoms with Crippen molar-refractivity contribution in [3.63, 3.8) is 0 Å². The average molecular weight is 406 g/mol. The molecule has 26 heavy (non-hydrogen) atoms. The number of hydrogen-bond acceptors (Lipinski definition) is 4. The Balaban J connectivity index is 5.15. The van der Waals surface area contributed by atoms with E-state index in [4.69, 9.17) is 9.16 Å². The monoisotopic (exact) mass is 405 g/mol. The molecule has 0 heterocycles. The Kier molecular flexibility index (Phi) is 9.96. The molecular formula is C19H39NO4SSi. The maximum absolute atomic E-state index is 12.5. The predicted octanol–water partition coefficient (Wildman–Crippen LogP) is 4.18. The largest absolute Gasteiger partial charge is 0.465 e. The van der Waals surface area contributed by atoms with Crippen LogP contribution in [-0.2, 0) is 24.9 Å². The third-order valence-electron chi connectivity index (χ3n) is 4.78. The van der Waals surface area contributed by atoms with Crippen molar-refractivity contribution < 1.29 is 18.2 Å². The number of hydrogen-bond donors (Lipinski definition) is 1. The molecule has 1 N–H and O–H groups in total. The Bertz CT molecular complexity index is 495. The summed E-state index contributed by atoms with van der Waals surface area (Å²) < 4.78 is 26.4. The number of carbonyl (C=O) groups excluding carboxylic acids is 1. The summed E-state index contributed by atoms with van der Waals surface area (Å²) >= 11 is 0. The minimum Gasteiger partial charge on any atom is -0.465 e. The van der Waals surface area contributed by atoms with Gasteiger partial charge >= 0.3 is 5.97 Å². The molecule has 0 aromatic rings. The van der Waals surface area contributed by atoms with Gasteiger partial charge in [0.15, 0.2) is 8.32 Å². The van der Waals surface area contributed by atoms with Crippen molar-refractivity contribution in [1.82, 2.24) is 4.72 Å². The molecule has 7 heteroatoms. The SMILES string of the molecule is C=C[C@@H](CCO[Si](C)(C)C(C)(C)C)[C@H](N[S@@](=O)C(C)(C)C)C(=O)OCC. The number of ether oxygens (including phenoxy) is 1. The fraction of sp³-hybridized carbons (Fsp3) is 0.842. The van der Waals surface area contributed by atoms with E-state index in [9.17, 15) is 9.00 Å². The zero-order valence-electron chi connectivity index (χ0n) is 18.1. The Morgan fingerprint density at radius 3 is 2.15 bits per heavy atom. The summed E-state index contributed by atoms with van der Waals surface area (Å²) in [6, 6.07) is -0.699. The van der Waals surface area contributed by atoms with Crippen LogP contribution in [0.5, 0.6) is 0 Å². The van der Waals surface area contributed by atoms with Gasteiger partial charge in [-0.25, -0.2) is 8.93 Å². The highest BCUT2D eigenvalue weighted by Crippen LogP contribution is 2.36. The minimum absolute atomic E-state index is 0.128. The van der Waals surface area contributed by atoms with Crippen molar-refractivity contribution in [2.24, 2.45) is 5.92 Å². The molecule has 0 aromatic heterocycles. The summed E-state index contributed by atoms with van der Waals surface area (Å²) in [5, 5.41) is 0.128. The van der Waals surface area contributed by atoms with Crippen LogP contribution in [0.25, 0.3) is 0 Å². The first kappa shape index (κ1) is 25.5. The number of rotatable bonds is 10. The van der Waals surface area contributed by atoms with Gasteiger partial charge in [0.05, 0.1) is 22.3 Å². The van der Waals surface area contributed by atoms with Gasteiger partial charge in [-0.05, 0) is 52.2 Å². The van der Waals surface area contributed by atoms with Crippen molar-refractivity contribution in [2.45, 2.75) is 83.8 Å². The van der Waals surface area contributed by atoms with Gasteiger partial charge in [0, 0.05) is 12.5 Å². The highest BCUT2D eigenvalue weighted by atomic mass is 32.2. The van der Waals surface area contributed by atoms with Crippen molar-refractivity contribution in [3.8, 4) is 0 Å². The van der Waals surface area contributed by atoms with Crippen LogP contribution in [0.1, 0.15) is 54.9 Å². The Morgan fingerprint density at radius 1 is 1.23 bits per heavy atom. The van der Waals surface area contributed by atoms with Gasteiger partial charge in [-0.15, -0.1) is 6.58 Å². The van der Waals surface area contributed by atoms with E-state index in [1.165, 1.54) is 0 Å². The molecule has 0 aromatic carbocycles. The molecule has 0 rings (SSSR count). The fourth-order valence-electron chi connectivity index (χ4n) is 1.92. The average Bonchev–Trinajstić information content (AvgIpc) is 2.47. The van der Waals surface area contributed by atoms with Crippen LogP contribution >= 0.6 is 0 Å². The fourth-order valence-corrected chi connectivity index (χ4v) is 3.84. The molecule has 3 atom stereocenters. The number of nitrogens with one attached hydrogen (secondary N) is 1.